The molecular formula is C15H21N3S. The molecule has 2 aromatic heterocycles. The Bertz CT molecular complexity index is 482. The van der Waals surface area contributed by atoms with Crippen molar-refractivity contribution < 1.29 is 0 Å². The monoisotopic (exact) mass is 275 g/mol. The summed E-state index contributed by atoms with van der Waals surface area (Å²) in [6, 6.07) is 2.48. The molecule has 0 aliphatic heterocycles. The molecule has 4 heteroatoms. The molecule has 3 nitrogen and oxygen atoms in total. The Morgan fingerprint density at radius 3 is 2.89 bits per heavy atom. The summed E-state index contributed by atoms with van der Waals surface area (Å²) < 4.78 is 0. The normalized spacial score (nSPS) is 12.5. The quantitative estimate of drug-likeness (QED) is 0.841. The second-order valence-corrected chi connectivity index (χ2v) is 5.54. The van der Waals surface area contributed by atoms with E-state index in [0.29, 0.717) is 6.04 Å². The molecule has 2 aromatic rings. The molecule has 1 N–H and O–H groups in total. The maximum Gasteiger partial charge on any atom is 0.0943 e. The third-order valence-corrected chi connectivity index (χ3v) is 4.00. The number of nitrogens with zero attached hydrogens (tertiary/aromatic N) is 2. The third kappa shape index (κ3) is 3.85. The number of nitrogens with one attached hydrogen (secondary N) is 1. The summed E-state index contributed by atoms with van der Waals surface area (Å²) in [5.41, 5.74) is 2.69. The number of rotatable bonds is 7. The van der Waals surface area contributed by atoms with Crippen molar-refractivity contribution in [2.45, 2.75) is 39.2 Å². The van der Waals surface area contributed by atoms with Gasteiger partial charge in [-0.25, -0.2) is 4.98 Å². The van der Waals surface area contributed by atoms with Crippen LogP contribution in [0.5, 0.6) is 0 Å². The number of pyridine rings is 1. The van der Waals surface area contributed by atoms with Crippen molar-refractivity contribution in [2.75, 3.05) is 6.54 Å². The number of hydrogen-bond donors (Lipinski definition) is 1. The van der Waals surface area contributed by atoms with Crippen LogP contribution in [-0.4, -0.2) is 16.5 Å². The van der Waals surface area contributed by atoms with E-state index in [1.807, 2.05) is 24.0 Å². The smallest absolute Gasteiger partial charge is 0.0943 e. The second-order valence-electron chi connectivity index (χ2n) is 4.56. The fourth-order valence-electron chi connectivity index (χ4n) is 2.21. The molecule has 2 heterocycles. The first kappa shape index (κ1) is 14.2. The molecule has 2 rings (SSSR count). The van der Waals surface area contributed by atoms with Crippen molar-refractivity contribution in [3.63, 3.8) is 0 Å². The summed E-state index contributed by atoms with van der Waals surface area (Å²) in [6.45, 7) is 5.41. The van der Waals surface area contributed by atoms with E-state index < -0.39 is 0 Å². The summed E-state index contributed by atoms with van der Waals surface area (Å²) in [7, 11) is 0. The fourth-order valence-corrected chi connectivity index (χ4v) is 2.88. The highest BCUT2D eigenvalue weighted by molar-refractivity contribution is 7.09. The van der Waals surface area contributed by atoms with Gasteiger partial charge in [-0.3, -0.25) is 4.98 Å². The van der Waals surface area contributed by atoms with Crippen molar-refractivity contribution in [1.29, 1.82) is 0 Å². The minimum Gasteiger partial charge on any atom is -0.310 e. The molecule has 0 aliphatic rings. The number of hydrogen-bond acceptors (Lipinski definition) is 4. The summed E-state index contributed by atoms with van der Waals surface area (Å²) in [5.74, 6) is 0. The fraction of sp³-hybridized carbons (Fsp3) is 0.467. The molecule has 0 bridgehead atoms. The molecule has 0 radical (unpaired) electrons. The molecule has 1 unspecified atom stereocenters. The van der Waals surface area contributed by atoms with E-state index in [1.54, 1.807) is 11.3 Å². The predicted octanol–water partition coefficient (Wildman–Crippen LogP) is 3.38. The number of aromatic nitrogens is 2. The molecule has 0 saturated heterocycles. The third-order valence-electron chi connectivity index (χ3n) is 3.20. The molecule has 0 amide bonds. The van der Waals surface area contributed by atoms with Crippen LogP contribution in [0.2, 0.25) is 0 Å². The van der Waals surface area contributed by atoms with Crippen LogP contribution in [0.4, 0.5) is 0 Å². The highest BCUT2D eigenvalue weighted by atomic mass is 32.1. The van der Waals surface area contributed by atoms with Crippen molar-refractivity contribution in [3.8, 4) is 0 Å². The largest absolute Gasteiger partial charge is 0.310 e. The van der Waals surface area contributed by atoms with Crippen molar-refractivity contribution in [3.05, 3.63) is 46.2 Å². The average molecular weight is 275 g/mol. The first-order valence-corrected chi connectivity index (χ1v) is 7.77. The summed E-state index contributed by atoms with van der Waals surface area (Å²) in [4.78, 5) is 8.64. The Morgan fingerprint density at radius 2 is 2.21 bits per heavy atom. The SMILES string of the molecule is CCCNC(Cc1nccs1)c1ccncc1CC. The molecular weight excluding hydrogens is 254 g/mol. The van der Waals surface area contributed by atoms with E-state index >= 15 is 0 Å². The zero-order valence-corrected chi connectivity index (χ0v) is 12.4. The van der Waals surface area contributed by atoms with Gasteiger partial charge in [-0.1, -0.05) is 13.8 Å². The molecule has 19 heavy (non-hydrogen) atoms. The van der Waals surface area contributed by atoms with Gasteiger partial charge in [0.25, 0.3) is 0 Å². The van der Waals surface area contributed by atoms with Gasteiger partial charge in [0.1, 0.15) is 0 Å². The Hall–Kier alpha value is -1.26. The number of aryl methyl sites for hydroxylation is 1. The van der Waals surface area contributed by atoms with Gasteiger partial charge in [0.2, 0.25) is 0 Å². The van der Waals surface area contributed by atoms with Gasteiger partial charge in [0, 0.05) is 36.4 Å². The highest BCUT2D eigenvalue weighted by Gasteiger charge is 2.15. The van der Waals surface area contributed by atoms with Crippen LogP contribution < -0.4 is 5.32 Å². The van der Waals surface area contributed by atoms with E-state index in [1.165, 1.54) is 16.1 Å². The first-order valence-electron chi connectivity index (χ1n) is 6.89. The number of thiazole rings is 1. The van der Waals surface area contributed by atoms with Crippen molar-refractivity contribution >= 4 is 11.3 Å². The van der Waals surface area contributed by atoms with E-state index in [2.05, 4.69) is 35.2 Å². The molecule has 1 atom stereocenters. The summed E-state index contributed by atoms with van der Waals surface area (Å²) in [5, 5.41) is 6.87. The maximum atomic E-state index is 4.41. The summed E-state index contributed by atoms with van der Waals surface area (Å²) >= 11 is 1.73. The molecule has 0 aromatic carbocycles. The van der Waals surface area contributed by atoms with Gasteiger partial charge < -0.3 is 5.32 Å². The van der Waals surface area contributed by atoms with Gasteiger partial charge in [0.15, 0.2) is 0 Å². The van der Waals surface area contributed by atoms with Gasteiger partial charge in [-0.05, 0) is 36.6 Å². The Balaban J connectivity index is 2.20. The Kier molecular flexibility index (Phi) is 5.48. The second kappa shape index (κ2) is 7.36. The van der Waals surface area contributed by atoms with Crippen molar-refractivity contribution in [1.82, 2.24) is 15.3 Å². The standard InChI is InChI=1S/C15H21N3S/c1-3-6-17-14(10-15-18-8-9-19-15)13-5-7-16-11-12(13)4-2/h5,7-9,11,14,17H,3-4,6,10H2,1-2H3. The van der Waals surface area contributed by atoms with Crippen LogP contribution in [0, 0.1) is 0 Å². The first-order chi connectivity index (χ1) is 9.35. The van der Waals surface area contributed by atoms with E-state index in [4.69, 9.17) is 0 Å². The van der Waals surface area contributed by atoms with Crippen LogP contribution in [0.3, 0.4) is 0 Å². The lowest BCUT2D eigenvalue weighted by molar-refractivity contribution is 0.524. The lowest BCUT2D eigenvalue weighted by Crippen LogP contribution is -2.25. The van der Waals surface area contributed by atoms with E-state index in [-0.39, 0.29) is 0 Å². The minimum absolute atomic E-state index is 0.337. The molecule has 0 spiro atoms. The zero-order chi connectivity index (χ0) is 13.5. The molecule has 0 fully saturated rings. The van der Waals surface area contributed by atoms with Crippen molar-refractivity contribution in [2.24, 2.45) is 0 Å². The molecule has 0 aliphatic carbocycles. The van der Waals surface area contributed by atoms with E-state index in [9.17, 15) is 0 Å². The highest BCUT2D eigenvalue weighted by Crippen LogP contribution is 2.23. The van der Waals surface area contributed by atoms with Crippen LogP contribution in [-0.2, 0) is 12.8 Å². The Morgan fingerprint density at radius 1 is 1.32 bits per heavy atom. The average Bonchev–Trinajstić information content (AvgIpc) is 2.96. The maximum absolute atomic E-state index is 4.41. The zero-order valence-electron chi connectivity index (χ0n) is 11.6. The molecule has 102 valence electrons. The van der Waals surface area contributed by atoms with Crippen LogP contribution >= 0.6 is 11.3 Å². The lowest BCUT2D eigenvalue weighted by atomic mass is 9.98. The van der Waals surface area contributed by atoms with Gasteiger partial charge in [-0.15, -0.1) is 11.3 Å². The predicted molar refractivity (Wildman–Crippen MR) is 80.5 cm³/mol. The minimum atomic E-state index is 0.337. The van der Waals surface area contributed by atoms with Crippen LogP contribution in [0.25, 0.3) is 0 Å². The lowest BCUT2D eigenvalue weighted by Gasteiger charge is -2.20. The molecule has 0 saturated carbocycles. The summed E-state index contributed by atoms with van der Waals surface area (Å²) in [6.07, 6.45) is 8.86. The van der Waals surface area contributed by atoms with Gasteiger partial charge in [-0.2, -0.15) is 0 Å². The topological polar surface area (TPSA) is 37.8 Å². The Labute approximate surface area is 119 Å². The van der Waals surface area contributed by atoms with E-state index in [0.717, 1.165) is 25.8 Å². The van der Waals surface area contributed by atoms with Crippen LogP contribution in [0.1, 0.15) is 42.4 Å². The van der Waals surface area contributed by atoms with Gasteiger partial charge >= 0.3 is 0 Å². The van der Waals surface area contributed by atoms with Crippen LogP contribution in [0.15, 0.2) is 30.0 Å². The van der Waals surface area contributed by atoms with Gasteiger partial charge in [0.05, 0.1) is 5.01 Å².